The van der Waals surface area contributed by atoms with Crippen LogP contribution in [0.5, 0.6) is 40.2 Å². The zero-order valence-electron chi connectivity index (χ0n) is 23.0. The van der Waals surface area contributed by atoms with Crippen molar-refractivity contribution in [3.05, 3.63) is 64.7 Å². The minimum atomic E-state index is -1.96. The van der Waals surface area contributed by atoms with Gasteiger partial charge in [-0.05, 0) is 35.4 Å². The van der Waals surface area contributed by atoms with Crippen LogP contribution in [-0.4, -0.2) is 94.7 Å². The van der Waals surface area contributed by atoms with E-state index in [-0.39, 0.29) is 52.7 Å². The minimum absolute atomic E-state index is 0.0414. The van der Waals surface area contributed by atoms with Gasteiger partial charge in [-0.15, -0.1) is 0 Å². The molecule has 3 aliphatic heterocycles. The molecule has 1 saturated heterocycles. The molecule has 3 aromatic carbocycles. The Bertz CT molecular complexity index is 1670. The van der Waals surface area contributed by atoms with Crippen LogP contribution in [0.4, 0.5) is 0 Å². The van der Waals surface area contributed by atoms with Crippen LogP contribution < -0.4 is 14.2 Å². The maximum absolute atomic E-state index is 12.8. The highest BCUT2D eigenvalue weighted by molar-refractivity contribution is 5.80. The number of carbonyl (C=O) groups excluding carboxylic acids is 1. The van der Waals surface area contributed by atoms with Crippen molar-refractivity contribution in [1.82, 2.24) is 0 Å². The van der Waals surface area contributed by atoms with Crippen molar-refractivity contribution in [3.8, 4) is 40.2 Å². The first-order valence-electron chi connectivity index (χ1n) is 13.7. The number of esters is 1. The molecule has 1 fully saturated rings. The van der Waals surface area contributed by atoms with Gasteiger partial charge in [0.25, 0.3) is 0 Å². The SMILES string of the molecule is O=C1CC(c2ccc(O)c(OC3OC(C(=O)O)C(O)C(O)C3O)c2)c2c(O)cc3c(c2O1)CC(O)C(c1ccc(O)c(O)c1)O3. The van der Waals surface area contributed by atoms with E-state index in [0.717, 1.165) is 0 Å². The number of aliphatic hydroxyl groups excluding tert-OH is 4. The Balaban J connectivity index is 1.33. The second-order valence-electron chi connectivity index (χ2n) is 11.0. The third-order valence-electron chi connectivity index (χ3n) is 8.08. The van der Waals surface area contributed by atoms with Crippen molar-refractivity contribution < 1.29 is 74.5 Å². The van der Waals surface area contributed by atoms with Gasteiger partial charge in [-0.1, -0.05) is 12.1 Å². The van der Waals surface area contributed by atoms with Crippen LogP contribution in [0.3, 0.4) is 0 Å². The minimum Gasteiger partial charge on any atom is -0.507 e. The molecule has 0 aromatic heterocycles. The van der Waals surface area contributed by atoms with E-state index in [9.17, 15) is 55.5 Å². The van der Waals surface area contributed by atoms with E-state index in [1.807, 2.05) is 0 Å². The van der Waals surface area contributed by atoms with E-state index in [1.165, 1.54) is 42.5 Å². The van der Waals surface area contributed by atoms with Crippen LogP contribution in [0.15, 0.2) is 42.5 Å². The Labute approximate surface area is 253 Å². The molecule has 0 aliphatic carbocycles. The molecular weight excluding hydrogens is 600 g/mol. The fourth-order valence-corrected chi connectivity index (χ4v) is 5.80. The predicted octanol–water partition coefficient (Wildman–Crippen LogP) is 0.258. The number of hydrogen-bond donors (Lipinski definition) is 9. The van der Waals surface area contributed by atoms with Crippen molar-refractivity contribution in [1.29, 1.82) is 0 Å². The summed E-state index contributed by atoms with van der Waals surface area (Å²) < 4.78 is 22.1. The number of carboxylic acid groups (broad SMARTS) is 1. The average molecular weight is 629 g/mol. The number of aromatic hydroxyl groups is 4. The van der Waals surface area contributed by atoms with Crippen molar-refractivity contribution in [2.45, 2.75) is 61.7 Å². The summed E-state index contributed by atoms with van der Waals surface area (Å²) in [5.74, 6) is -5.05. The molecule has 0 saturated carbocycles. The molecular formula is C30H28O15. The van der Waals surface area contributed by atoms with Gasteiger partial charge >= 0.3 is 11.9 Å². The summed E-state index contributed by atoms with van der Waals surface area (Å²) >= 11 is 0. The number of hydrogen-bond acceptors (Lipinski definition) is 14. The number of rotatable bonds is 5. The number of fused-ring (bicyclic) bond motifs is 3. The largest absolute Gasteiger partial charge is 0.507 e. The van der Waals surface area contributed by atoms with Gasteiger partial charge in [0.15, 0.2) is 29.1 Å². The first kappa shape index (κ1) is 30.2. The van der Waals surface area contributed by atoms with Crippen LogP contribution in [0.25, 0.3) is 0 Å². The molecule has 0 radical (unpaired) electrons. The molecule has 0 bridgehead atoms. The Kier molecular flexibility index (Phi) is 7.58. The highest BCUT2D eigenvalue weighted by Crippen LogP contribution is 2.52. The summed E-state index contributed by atoms with van der Waals surface area (Å²) in [4.78, 5) is 24.3. The van der Waals surface area contributed by atoms with Crippen LogP contribution in [-0.2, 0) is 20.7 Å². The Morgan fingerprint density at radius 2 is 1.51 bits per heavy atom. The van der Waals surface area contributed by atoms with Gasteiger partial charge in [-0.3, -0.25) is 4.79 Å². The molecule has 15 nitrogen and oxygen atoms in total. The smallest absolute Gasteiger partial charge is 0.335 e. The summed E-state index contributed by atoms with van der Waals surface area (Å²) in [6.45, 7) is 0. The van der Waals surface area contributed by atoms with E-state index < -0.39 is 72.3 Å². The molecule has 8 unspecified atom stereocenters. The number of aliphatic carboxylic acids is 1. The highest BCUT2D eigenvalue weighted by Gasteiger charge is 2.48. The van der Waals surface area contributed by atoms with E-state index in [0.29, 0.717) is 11.1 Å². The second kappa shape index (κ2) is 11.3. The highest BCUT2D eigenvalue weighted by atomic mass is 16.7. The lowest BCUT2D eigenvalue weighted by molar-refractivity contribution is -0.271. The summed E-state index contributed by atoms with van der Waals surface area (Å²) in [6.07, 6.45) is -12.1. The third-order valence-corrected chi connectivity index (χ3v) is 8.08. The normalized spacial score (nSPS) is 29.1. The molecule has 45 heavy (non-hydrogen) atoms. The van der Waals surface area contributed by atoms with Gasteiger partial charge in [-0.2, -0.15) is 0 Å². The number of carboxylic acids is 1. The zero-order chi connectivity index (χ0) is 32.3. The lowest BCUT2D eigenvalue weighted by Gasteiger charge is -2.38. The monoisotopic (exact) mass is 628 g/mol. The number of ether oxygens (including phenoxy) is 4. The molecule has 238 valence electrons. The fraction of sp³-hybridized carbons (Fsp3) is 0.333. The van der Waals surface area contributed by atoms with Gasteiger partial charge < -0.3 is 64.9 Å². The summed E-state index contributed by atoms with van der Waals surface area (Å²) in [7, 11) is 0. The molecule has 3 aromatic rings. The zero-order valence-corrected chi connectivity index (χ0v) is 23.0. The predicted molar refractivity (Wildman–Crippen MR) is 146 cm³/mol. The first-order valence-corrected chi connectivity index (χ1v) is 13.7. The Morgan fingerprint density at radius 1 is 0.800 bits per heavy atom. The van der Waals surface area contributed by atoms with Gasteiger partial charge in [0.2, 0.25) is 6.29 Å². The van der Waals surface area contributed by atoms with Crippen molar-refractivity contribution >= 4 is 11.9 Å². The molecule has 9 N–H and O–H groups in total. The fourth-order valence-electron chi connectivity index (χ4n) is 5.80. The van der Waals surface area contributed by atoms with Crippen LogP contribution in [0.2, 0.25) is 0 Å². The maximum Gasteiger partial charge on any atom is 0.335 e. The van der Waals surface area contributed by atoms with Crippen molar-refractivity contribution in [2.24, 2.45) is 0 Å². The molecule has 0 spiro atoms. The third kappa shape index (κ3) is 5.30. The summed E-state index contributed by atoms with van der Waals surface area (Å²) in [5, 5.41) is 91.8. The van der Waals surface area contributed by atoms with Crippen molar-refractivity contribution in [2.75, 3.05) is 0 Å². The van der Waals surface area contributed by atoms with E-state index in [4.69, 9.17) is 18.9 Å². The van der Waals surface area contributed by atoms with E-state index in [2.05, 4.69) is 0 Å². The number of phenolic OH excluding ortho intramolecular Hbond substituents is 4. The van der Waals surface area contributed by atoms with E-state index in [1.54, 1.807) is 0 Å². The number of phenols is 4. The molecule has 15 heteroatoms. The lowest BCUT2D eigenvalue weighted by atomic mass is 9.82. The second-order valence-corrected chi connectivity index (χ2v) is 11.0. The number of benzene rings is 3. The van der Waals surface area contributed by atoms with Gasteiger partial charge in [0, 0.05) is 29.5 Å². The molecule has 6 rings (SSSR count). The number of aliphatic hydroxyl groups is 4. The molecule has 8 atom stereocenters. The number of carbonyl (C=O) groups is 2. The standard InChI is InChI=1S/C30H28O15/c31-14-3-2-11(5-16(14)33)26-18(35)7-13-19(42-26)9-17(34)22-12(8-21(36)44-27(13)22)10-1-4-15(32)20(6-10)43-30-25(39)23(37)24(38)28(45-30)29(40)41/h1-6,9,12,18,23-26,28,30-35,37-39H,7-8H2,(H,40,41). The van der Waals surface area contributed by atoms with Gasteiger partial charge in [-0.25, -0.2) is 4.79 Å². The molecule has 3 heterocycles. The maximum atomic E-state index is 12.8. The van der Waals surface area contributed by atoms with Crippen LogP contribution in [0.1, 0.15) is 40.7 Å². The topological polar surface area (TPSA) is 253 Å². The van der Waals surface area contributed by atoms with Crippen LogP contribution >= 0.6 is 0 Å². The van der Waals surface area contributed by atoms with Crippen LogP contribution in [0, 0.1) is 0 Å². The average Bonchev–Trinajstić information content (AvgIpc) is 2.99. The first-order chi connectivity index (χ1) is 21.3. The van der Waals surface area contributed by atoms with E-state index >= 15 is 0 Å². The van der Waals surface area contributed by atoms with Gasteiger partial charge in [0.1, 0.15) is 41.7 Å². The summed E-state index contributed by atoms with van der Waals surface area (Å²) in [6, 6.07) is 9.11. The molecule has 3 aliphatic rings. The Morgan fingerprint density at radius 3 is 2.22 bits per heavy atom. The van der Waals surface area contributed by atoms with Crippen molar-refractivity contribution in [3.63, 3.8) is 0 Å². The summed E-state index contributed by atoms with van der Waals surface area (Å²) in [5.41, 5.74) is 1.11. The lowest BCUT2D eigenvalue weighted by Crippen LogP contribution is -2.61. The Hall–Kier alpha value is -4.80. The molecule has 0 amide bonds. The quantitative estimate of drug-likeness (QED) is 0.104. The van der Waals surface area contributed by atoms with Gasteiger partial charge in [0.05, 0.1) is 12.5 Å².